The van der Waals surface area contributed by atoms with Gasteiger partial charge >= 0.3 is 13.3 Å². The van der Waals surface area contributed by atoms with E-state index in [9.17, 15) is 18.1 Å². The van der Waals surface area contributed by atoms with Crippen molar-refractivity contribution in [1.82, 2.24) is 19.5 Å². The molecule has 2 heterocycles. The molecule has 8 nitrogen and oxygen atoms in total. The third-order valence-electron chi connectivity index (χ3n) is 3.91. The highest BCUT2D eigenvalue weighted by molar-refractivity contribution is 7.53. The zero-order chi connectivity index (χ0) is 16.1. The molecular weight excluding hydrogens is 321 g/mol. The summed E-state index contributed by atoms with van der Waals surface area (Å²) in [5.41, 5.74) is -3.86. The van der Waals surface area contributed by atoms with E-state index in [0.717, 1.165) is 0 Å². The lowest BCUT2D eigenvalue weighted by atomic mass is 10.2. The van der Waals surface area contributed by atoms with Crippen molar-refractivity contribution in [3.63, 3.8) is 0 Å². The number of fused-ring (bicyclic) bond motifs is 1. The third-order valence-corrected chi connectivity index (χ3v) is 5.01. The Bertz CT molecular complexity index is 814. The SMILES string of the molecule is O=c1[nH]cnc2c1ncn2CC[C@@H]1C[C@H]1C(F)(F)P(=O)(O)O. The molecule has 120 valence electrons. The summed E-state index contributed by atoms with van der Waals surface area (Å²) in [6, 6.07) is 0. The molecule has 0 aromatic carbocycles. The van der Waals surface area contributed by atoms with E-state index >= 15 is 0 Å². The summed E-state index contributed by atoms with van der Waals surface area (Å²) >= 11 is 0. The fourth-order valence-electron chi connectivity index (χ4n) is 2.57. The Morgan fingerprint density at radius 3 is 2.86 bits per heavy atom. The van der Waals surface area contributed by atoms with Crippen LogP contribution in [0.25, 0.3) is 11.2 Å². The summed E-state index contributed by atoms with van der Waals surface area (Å²) in [4.78, 5) is 39.1. The number of aromatic nitrogens is 4. The van der Waals surface area contributed by atoms with E-state index in [1.54, 1.807) is 4.57 Å². The maximum Gasteiger partial charge on any atom is 0.394 e. The summed E-state index contributed by atoms with van der Waals surface area (Å²) in [5, 5.41) is 0. The van der Waals surface area contributed by atoms with Gasteiger partial charge in [-0.15, -0.1) is 0 Å². The molecule has 2 atom stereocenters. The molecule has 1 aliphatic rings. The molecule has 0 aliphatic heterocycles. The Kier molecular flexibility index (Phi) is 3.42. The molecule has 0 spiro atoms. The van der Waals surface area contributed by atoms with Gasteiger partial charge in [-0.3, -0.25) is 9.36 Å². The molecule has 3 N–H and O–H groups in total. The number of nitrogens with one attached hydrogen (secondary N) is 1. The van der Waals surface area contributed by atoms with Crippen LogP contribution in [-0.2, 0) is 11.1 Å². The van der Waals surface area contributed by atoms with E-state index in [2.05, 4.69) is 15.0 Å². The van der Waals surface area contributed by atoms with Crippen molar-refractivity contribution in [3.05, 3.63) is 23.0 Å². The largest absolute Gasteiger partial charge is 0.394 e. The molecule has 22 heavy (non-hydrogen) atoms. The molecule has 0 unspecified atom stereocenters. The number of hydrogen-bond donors (Lipinski definition) is 3. The minimum absolute atomic E-state index is 0.0682. The van der Waals surface area contributed by atoms with E-state index in [0.29, 0.717) is 18.6 Å². The second-order valence-corrected chi connectivity index (χ2v) is 7.05. The lowest BCUT2D eigenvalue weighted by Gasteiger charge is -2.17. The molecule has 0 bridgehead atoms. The van der Waals surface area contributed by atoms with Gasteiger partial charge in [0.1, 0.15) is 0 Å². The highest BCUT2D eigenvalue weighted by atomic mass is 31.2. The van der Waals surface area contributed by atoms with E-state index in [1.165, 1.54) is 12.7 Å². The van der Waals surface area contributed by atoms with Crippen molar-refractivity contribution in [2.24, 2.45) is 11.8 Å². The average molecular weight is 334 g/mol. The van der Waals surface area contributed by atoms with Gasteiger partial charge < -0.3 is 19.3 Å². The van der Waals surface area contributed by atoms with Crippen molar-refractivity contribution in [1.29, 1.82) is 0 Å². The number of rotatable bonds is 5. The quantitative estimate of drug-likeness (QED) is 0.699. The first-order valence-corrected chi connectivity index (χ1v) is 8.15. The summed E-state index contributed by atoms with van der Waals surface area (Å²) in [6.07, 6.45) is 3.00. The second kappa shape index (κ2) is 4.94. The predicted octanol–water partition coefficient (Wildman–Crippen LogP) is 0.916. The van der Waals surface area contributed by atoms with Gasteiger partial charge in [-0.05, 0) is 18.8 Å². The molecule has 1 aliphatic carbocycles. The van der Waals surface area contributed by atoms with Gasteiger partial charge in [0.2, 0.25) is 0 Å². The number of aryl methyl sites for hydroxylation is 1. The van der Waals surface area contributed by atoms with Crippen molar-refractivity contribution >= 4 is 18.8 Å². The zero-order valence-corrected chi connectivity index (χ0v) is 12.1. The maximum atomic E-state index is 13.5. The van der Waals surface area contributed by atoms with E-state index in [4.69, 9.17) is 9.79 Å². The highest BCUT2D eigenvalue weighted by Crippen LogP contribution is 2.66. The minimum atomic E-state index is -5.44. The van der Waals surface area contributed by atoms with Gasteiger partial charge in [0.05, 0.1) is 12.7 Å². The monoisotopic (exact) mass is 334 g/mol. The summed E-state index contributed by atoms with van der Waals surface area (Å²) in [6.45, 7) is 0.297. The molecule has 2 aromatic rings. The topological polar surface area (TPSA) is 121 Å². The van der Waals surface area contributed by atoms with Crippen LogP contribution in [0.2, 0.25) is 0 Å². The Morgan fingerprint density at radius 2 is 2.18 bits per heavy atom. The van der Waals surface area contributed by atoms with Crippen molar-refractivity contribution in [3.8, 4) is 0 Å². The fraction of sp³-hybridized carbons (Fsp3) is 0.545. The summed E-state index contributed by atoms with van der Waals surface area (Å²) in [7, 11) is -5.44. The van der Waals surface area contributed by atoms with E-state index < -0.39 is 25.1 Å². The Hall–Kier alpha value is -1.64. The van der Waals surface area contributed by atoms with Gasteiger partial charge in [-0.1, -0.05) is 0 Å². The lowest BCUT2D eigenvalue weighted by molar-refractivity contribution is 0.0309. The number of H-pyrrole nitrogens is 1. The van der Waals surface area contributed by atoms with Crippen LogP contribution in [0.15, 0.2) is 17.4 Å². The van der Waals surface area contributed by atoms with Crippen LogP contribution in [0.5, 0.6) is 0 Å². The number of imidazole rings is 1. The summed E-state index contributed by atoms with van der Waals surface area (Å²) < 4.78 is 39.4. The van der Waals surface area contributed by atoms with Crippen molar-refractivity contribution in [2.75, 3.05) is 0 Å². The molecule has 1 fully saturated rings. The van der Waals surface area contributed by atoms with Crippen LogP contribution in [0.1, 0.15) is 12.8 Å². The summed E-state index contributed by atoms with van der Waals surface area (Å²) in [5.74, 6) is -1.78. The number of nitrogens with zero attached hydrogens (tertiary/aromatic N) is 3. The van der Waals surface area contributed by atoms with Gasteiger partial charge in [0, 0.05) is 12.5 Å². The molecule has 3 rings (SSSR count). The van der Waals surface area contributed by atoms with Gasteiger partial charge in [0.15, 0.2) is 11.2 Å². The molecule has 11 heteroatoms. The van der Waals surface area contributed by atoms with Crippen LogP contribution < -0.4 is 5.56 Å². The van der Waals surface area contributed by atoms with Crippen LogP contribution in [0, 0.1) is 11.8 Å². The second-order valence-electron chi connectivity index (χ2n) is 5.36. The van der Waals surface area contributed by atoms with Crippen LogP contribution >= 0.6 is 7.60 Å². The fourth-order valence-corrected chi connectivity index (χ4v) is 3.32. The molecule has 0 radical (unpaired) electrons. The minimum Gasteiger partial charge on any atom is -0.320 e. The van der Waals surface area contributed by atoms with Gasteiger partial charge in [-0.2, -0.15) is 8.78 Å². The molecule has 1 saturated carbocycles. The third kappa shape index (κ3) is 2.47. The van der Waals surface area contributed by atoms with Crippen LogP contribution in [0.3, 0.4) is 0 Å². The van der Waals surface area contributed by atoms with Crippen molar-refractivity contribution < 1.29 is 23.1 Å². The molecule has 2 aromatic heterocycles. The standard InChI is InChI=1S/C11H13F2N4O4P/c12-11(13,22(19,20)21)7-3-6(7)1-2-17-5-16-8-9(17)14-4-15-10(8)18/h4-7H,1-3H2,(H,14,15,18)(H2,19,20,21)/t6-,7-/m1/s1. The number of aromatic amines is 1. The highest BCUT2D eigenvalue weighted by Gasteiger charge is 2.63. The van der Waals surface area contributed by atoms with Crippen LogP contribution in [-0.4, -0.2) is 35.0 Å². The number of alkyl halides is 2. The first-order chi connectivity index (χ1) is 10.2. The Balaban J connectivity index is 1.69. The average Bonchev–Trinajstić information content (AvgIpc) is 3.09. The molecule has 0 saturated heterocycles. The Morgan fingerprint density at radius 1 is 1.45 bits per heavy atom. The number of hydrogen-bond acceptors (Lipinski definition) is 4. The van der Waals surface area contributed by atoms with Gasteiger partial charge in [0.25, 0.3) is 5.56 Å². The lowest BCUT2D eigenvalue weighted by Crippen LogP contribution is -2.20. The zero-order valence-electron chi connectivity index (χ0n) is 11.2. The predicted molar refractivity (Wildman–Crippen MR) is 71.4 cm³/mol. The maximum absolute atomic E-state index is 13.5. The molecule has 0 amide bonds. The molecular formula is C11H13F2N4O4P. The van der Waals surface area contributed by atoms with Crippen molar-refractivity contribution in [2.45, 2.75) is 25.1 Å². The van der Waals surface area contributed by atoms with E-state index in [-0.39, 0.29) is 17.5 Å². The first-order valence-electron chi connectivity index (χ1n) is 6.54. The van der Waals surface area contributed by atoms with Crippen LogP contribution in [0.4, 0.5) is 8.78 Å². The Labute approximate surface area is 122 Å². The number of halogens is 2. The first kappa shape index (κ1) is 15.3. The van der Waals surface area contributed by atoms with E-state index in [1.807, 2.05) is 0 Å². The van der Waals surface area contributed by atoms with Gasteiger partial charge in [-0.25, -0.2) is 9.97 Å². The smallest absolute Gasteiger partial charge is 0.320 e. The normalized spacial score (nSPS) is 22.2.